The lowest BCUT2D eigenvalue weighted by atomic mass is 10.1. The fraction of sp³-hybridized carbons (Fsp3) is 0.462. The van der Waals surface area contributed by atoms with E-state index in [-0.39, 0.29) is 10.9 Å². The highest BCUT2D eigenvalue weighted by Crippen LogP contribution is 2.20. The Kier molecular flexibility index (Phi) is 3.90. The van der Waals surface area contributed by atoms with Crippen LogP contribution in [0.4, 0.5) is 0 Å². The molecule has 1 aromatic rings. The average Bonchev–Trinajstić information content (AvgIpc) is 2.38. The first-order chi connectivity index (χ1) is 8.95. The lowest BCUT2D eigenvalue weighted by Crippen LogP contribution is -2.51. The number of nitrogens with one attached hydrogen (secondary N) is 1. The van der Waals surface area contributed by atoms with E-state index in [1.54, 1.807) is 19.1 Å². The second kappa shape index (κ2) is 5.29. The van der Waals surface area contributed by atoms with Crippen molar-refractivity contribution >= 4 is 10.0 Å². The number of aryl methyl sites for hydroxylation is 1. The molecule has 0 bridgehead atoms. The standard InChI is InChI=1S/C13H17N3O2S/c1-10-7-13(4-3-12(10)8-14)19(17,18)16-6-5-15-11(2)9-16/h3-4,7,11,15H,5-6,9H2,1-2H3. The molecular weight excluding hydrogens is 262 g/mol. The molecule has 0 aromatic heterocycles. The molecule has 2 rings (SSSR count). The SMILES string of the molecule is Cc1cc(S(=O)(=O)N2CCNC(C)C2)ccc1C#N. The summed E-state index contributed by atoms with van der Waals surface area (Å²) in [5, 5.41) is 12.1. The van der Waals surface area contributed by atoms with Crippen LogP contribution in [-0.2, 0) is 10.0 Å². The number of hydrogen-bond donors (Lipinski definition) is 1. The summed E-state index contributed by atoms with van der Waals surface area (Å²) in [4.78, 5) is 0.262. The molecule has 6 heteroatoms. The van der Waals surface area contributed by atoms with E-state index in [9.17, 15) is 8.42 Å². The van der Waals surface area contributed by atoms with Crippen LogP contribution in [0.5, 0.6) is 0 Å². The molecule has 1 saturated heterocycles. The van der Waals surface area contributed by atoms with Crippen LogP contribution < -0.4 is 5.32 Å². The monoisotopic (exact) mass is 279 g/mol. The van der Waals surface area contributed by atoms with Crippen LogP contribution in [0.1, 0.15) is 18.1 Å². The predicted molar refractivity (Wildman–Crippen MR) is 72.1 cm³/mol. The Labute approximate surface area is 113 Å². The Hall–Kier alpha value is -1.42. The molecule has 1 unspecified atom stereocenters. The third kappa shape index (κ3) is 2.78. The van der Waals surface area contributed by atoms with E-state index in [0.717, 1.165) is 0 Å². The van der Waals surface area contributed by atoms with Crippen molar-refractivity contribution < 1.29 is 8.42 Å². The lowest BCUT2D eigenvalue weighted by Gasteiger charge is -2.31. The fourth-order valence-electron chi connectivity index (χ4n) is 2.19. The Balaban J connectivity index is 2.34. The van der Waals surface area contributed by atoms with Gasteiger partial charge in [-0.05, 0) is 37.6 Å². The van der Waals surface area contributed by atoms with Gasteiger partial charge in [0.15, 0.2) is 0 Å². The summed E-state index contributed by atoms with van der Waals surface area (Å²) in [6.07, 6.45) is 0. The molecular formula is C13H17N3O2S. The number of sulfonamides is 1. The van der Waals surface area contributed by atoms with Gasteiger partial charge in [0.2, 0.25) is 10.0 Å². The molecule has 1 heterocycles. The second-order valence-electron chi connectivity index (χ2n) is 4.81. The van der Waals surface area contributed by atoms with Gasteiger partial charge < -0.3 is 5.32 Å². The van der Waals surface area contributed by atoms with Gasteiger partial charge in [0.05, 0.1) is 16.5 Å². The first-order valence-electron chi connectivity index (χ1n) is 6.19. The zero-order valence-corrected chi connectivity index (χ0v) is 11.9. The van der Waals surface area contributed by atoms with E-state index < -0.39 is 10.0 Å². The Morgan fingerprint density at radius 1 is 1.47 bits per heavy atom. The van der Waals surface area contributed by atoms with Gasteiger partial charge in [0.25, 0.3) is 0 Å². The number of benzene rings is 1. The smallest absolute Gasteiger partial charge is 0.243 e. The van der Waals surface area contributed by atoms with Crippen molar-refractivity contribution in [3.63, 3.8) is 0 Å². The summed E-state index contributed by atoms with van der Waals surface area (Å²) in [7, 11) is -3.46. The largest absolute Gasteiger partial charge is 0.312 e. The van der Waals surface area contributed by atoms with Crippen molar-refractivity contribution in [2.75, 3.05) is 19.6 Å². The summed E-state index contributed by atoms with van der Waals surface area (Å²) in [5.41, 5.74) is 1.19. The van der Waals surface area contributed by atoms with E-state index in [1.807, 2.05) is 13.0 Å². The van der Waals surface area contributed by atoms with E-state index >= 15 is 0 Å². The highest BCUT2D eigenvalue weighted by Gasteiger charge is 2.28. The van der Waals surface area contributed by atoms with Crippen LogP contribution >= 0.6 is 0 Å². The molecule has 0 spiro atoms. The molecule has 19 heavy (non-hydrogen) atoms. The van der Waals surface area contributed by atoms with Gasteiger partial charge in [-0.1, -0.05) is 0 Å². The molecule has 0 amide bonds. The summed E-state index contributed by atoms with van der Waals surface area (Å²) in [6, 6.07) is 6.84. The summed E-state index contributed by atoms with van der Waals surface area (Å²) < 4.78 is 26.5. The van der Waals surface area contributed by atoms with Gasteiger partial charge in [-0.3, -0.25) is 0 Å². The molecule has 5 nitrogen and oxygen atoms in total. The second-order valence-corrected chi connectivity index (χ2v) is 6.74. The molecule has 1 aliphatic heterocycles. The maximum atomic E-state index is 12.5. The van der Waals surface area contributed by atoms with Crippen molar-refractivity contribution in [3.8, 4) is 6.07 Å². The molecule has 1 fully saturated rings. The van der Waals surface area contributed by atoms with Gasteiger partial charge in [-0.25, -0.2) is 8.42 Å². The third-order valence-corrected chi connectivity index (χ3v) is 5.15. The van der Waals surface area contributed by atoms with Crippen molar-refractivity contribution in [1.82, 2.24) is 9.62 Å². The number of hydrogen-bond acceptors (Lipinski definition) is 4. The first-order valence-corrected chi connectivity index (χ1v) is 7.63. The Morgan fingerprint density at radius 3 is 2.79 bits per heavy atom. The van der Waals surface area contributed by atoms with Crippen LogP contribution in [0, 0.1) is 18.3 Å². The van der Waals surface area contributed by atoms with Gasteiger partial charge in [-0.2, -0.15) is 9.57 Å². The van der Waals surface area contributed by atoms with Gasteiger partial charge >= 0.3 is 0 Å². The zero-order valence-electron chi connectivity index (χ0n) is 11.0. The van der Waals surface area contributed by atoms with Gasteiger partial charge in [0.1, 0.15) is 0 Å². The first kappa shape index (κ1) is 14.0. The van der Waals surface area contributed by atoms with Crippen LogP contribution in [0.2, 0.25) is 0 Å². The topological polar surface area (TPSA) is 73.2 Å². The van der Waals surface area contributed by atoms with Crippen LogP contribution in [0.25, 0.3) is 0 Å². The summed E-state index contributed by atoms with van der Waals surface area (Å²) in [6.45, 7) is 5.33. The van der Waals surface area contributed by atoms with Crippen molar-refractivity contribution in [2.45, 2.75) is 24.8 Å². The molecule has 102 valence electrons. The average molecular weight is 279 g/mol. The van der Waals surface area contributed by atoms with Gasteiger partial charge in [-0.15, -0.1) is 0 Å². The van der Waals surface area contributed by atoms with E-state index in [0.29, 0.717) is 30.8 Å². The highest BCUT2D eigenvalue weighted by molar-refractivity contribution is 7.89. The minimum Gasteiger partial charge on any atom is -0.312 e. The van der Waals surface area contributed by atoms with E-state index in [1.165, 1.54) is 10.4 Å². The molecule has 1 atom stereocenters. The molecule has 1 aromatic carbocycles. The third-order valence-electron chi connectivity index (χ3n) is 3.29. The van der Waals surface area contributed by atoms with Crippen LogP contribution in [-0.4, -0.2) is 38.4 Å². The molecule has 0 saturated carbocycles. The number of rotatable bonds is 2. The fourth-order valence-corrected chi connectivity index (χ4v) is 3.80. The summed E-state index contributed by atoms with van der Waals surface area (Å²) in [5.74, 6) is 0. The number of piperazine rings is 1. The lowest BCUT2D eigenvalue weighted by molar-refractivity contribution is 0.310. The van der Waals surface area contributed by atoms with Crippen molar-refractivity contribution in [3.05, 3.63) is 29.3 Å². The molecule has 1 aliphatic rings. The maximum absolute atomic E-state index is 12.5. The highest BCUT2D eigenvalue weighted by atomic mass is 32.2. The van der Waals surface area contributed by atoms with Crippen molar-refractivity contribution in [1.29, 1.82) is 5.26 Å². The predicted octanol–water partition coefficient (Wildman–Crippen LogP) is 0.849. The minimum absolute atomic E-state index is 0.156. The van der Waals surface area contributed by atoms with Crippen LogP contribution in [0.15, 0.2) is 23.1 Å². The minimum atomic E-state index is -3.46. The number of nitrogens with zero attached hydrogens (tertiary/aromatic N) is 2. The van der Waals surface area contributed by atoms with Crippen molar-refractivity contribution in [2.24, 2.45) is 0 Å². The summed E-state index contributed by atoms with van der Waals surface area (Å²) >= 11 is 0. The molecule has 0 radical (unpaired) electrons. The van der Waals surface area contributed by atoms with Crippen LogP contribution in [0.3, 0.4) is 0 Å². The zero-order chi connectivity index (χ0) is 14.0. The molecule has 1 N–H and O–H groups in total. The Bertz CT molecular complexity index is 619. The van der Waals surface area contributed by atoms with E-state index in [2.05, 4.69) is 5.32 Å². The normalized spacial score (nSPS) is 21.0. The number of nitriles is 1. The van der Waals surface area contributed by atoms with Gasteiger partial charge in [0, 0.05) is 25.7 Å². The quantitative estimate of drug-likeness (QED) is 0.871. The Morgan fingerprint density at radius 2 is 2.21 bits per heavy atom. The van der Waals surface area contributed by atoms with E-state index in [4.69, 9.17) is 5.26 Å². The molecule has 0 aliphatic carbocycles. The maximum Gasteiger partial charge on any atom is 0.243 e.